The second-order valence-electron chi connectivity index (χ2n) is 1.97. The van der Waals surface area contributed by atoms with Crippen LogP contribution in [0, 0.1) is 17.8 Å². The lowest BCUT2D eigenvalue weighted by Gasteiger charge is -2.09. The standard InChI is InChI=1S/C7H8O2/c1-2-6-3-4-7(8)9-5-6/h6H,2,5H2,1H3/t6-/m1/s1. The summed E-state index contributed by atoms with van der Waals surface area (Å²) in [5, 5.41) is 0. The zero-order valence-corrected chi connectivity index (χ0v) is 5.31. The fourth-order valence-electron chi connectivity index (χ4n) is 0.635. The molecule has 2 nitrogen and oxygen atoms in total. The van der Waals surface area contributed by atoms with Crippen molar-refractivity contribution in [1.29, 1.82) is 0 Å². The molecule has 0 N–H and O–H groups in total. The maximum Gasteiger partial charge on any atom is 0.384 e. The Balaban J connectivity index is 2.56. The molecule has 0 aromatic rings. The molecule has 9 heavy (non-hydrogen) atoms. The Bertz CT molecular complexity index is 173. The van der Waals surface area contributed by atoms with Crippen LogP contribution < -0.4 is 0 Å². The third-order valence-electron chi connectivity index (χ3n) is 1.29. The summed E-state index contributed by atoms with van der Waals surface area (Å²) >= 11 is 0. The van der Waals surface area contributed by atoms with E-state index in [4.69, 9.17) is 0 Å². The van der Waals surface area contributed by atoms with Crippen LogP contribution in [0.15, 0.2) is 0 Å². The zero-order chi connectivity index (χ0) is 6.69. The summed E-state index contributed by atoms with van der Waals surface area (Å²) in [6, 6.07) is 0. The first kappa shape index (κ1) is 6.15. The molecule has 1 aliphatic rings. The van der Waals surface area contributed by atoms with Crippen LogP contribution in [0.25, 0.3) is 0 Å². The van der Waals surface area contributed by atoms with Crippen molar-refractivity contribution in [3.05, 3.63) is 0 Å². The van der Waals surface area contributed by atoms with Crippen LogP contribution in [0.4, 0.5) is 0 Å². The molecular formula is C7H8O2. The first-order valence-electron chi connectivity index (χ1n) is 3.01. The molecule has 0 saturated heterocycles. The van der Waals surface area contributed by atoms with E-state index in [1.165, 1.54) is 0 Å². The van der Waals surface area contributed by atoms with Crippen molar-refractivity contribution in [3.8, 4) is 11.8 Å². The van der Waals surface area contributed by atoms with Gasteiger partial charge in [0, 0.05) is 5.92 Å². The molecule has 0 amide bonds. The fourth-order valence-corrected chi connectivity index (χ4v) is 0.635. The molecule has 0 unspecified atom stereocenters. The fraction of sp³-hybridized carbons (Fsp3) is 0.571. The Labute approximate surface area is 54.2 Å². The highest BCUT2D eigenvalue weighted by Gasteiger charge is 2.09. The number of rotatable bonds is 1. The first-order chi connectivity index (χ1) is 4.33. The van der Waals surface area contributed by atoms with E-state index in [1.54, 1.807) is 0 Å². The maximum atomic E-state index is 10.3. The average molecular weight is 124 g/mol. The third-order valence-corrected chi connectivity index (χ3v) is 1.29. The molecule has 0 bridgehead atoms. The monoisotopic (exact) mass is 124 g/mol. The van der Waals surface area contributed by atoms with E-state index in [2.05, 4.69) is 16.6 Å². The average Bonchev–Trinajstić information content (AvgIpc) is 1.90. The van der Waals surface area contributed by atoms with E-state index in [1.807, 2.05) is 6.92 Å². The van der Waals surface area contributed by atoms with Gasteiger partial charge in [0.1, 0.15) is 6.61 Å². The van der Waals surface area contributed by atoms with E-state index in [-0.39, 0.29) is 11.9 Å². The topological polar surface area (TPSA) is 26.3 Å². The van der Waals surface area contributed by atoms with Crippen molar-refractivity contribution >= 4 is 5.97 Å². The van der Waals surface area contributed by atoms with Gasteiger partial charge in [0.2, 0.25) is 0 Å². The largest absolute Gasteiger partial charge is 0.455 e. The molecule has 0 aromatic heterocycles. The summed E-state index contributed by atoms with van der Waals surface area (Å²) in [4.78, 5) is 10.3. The molecule has 0 aliphatic carbocycles. The van der Waals surface area contributed by atoms with Crippen molar-refractivity contribution in [1.82, 2.24) is 0 Å². The normalized spacial score (nSPS) is 24.1. The number of carbonyl (C=O) groups excluding carboxylic acids is 1. The van der Waals surface area contributed by atoms with Crippen molar-refractivity contribution in [3.63, 3.8) is 0 Å². The van der Waals surface area contributed by atoms with Gasteiger partial charge < -0.3 is 4.74 Å². The molecular weight excluding hydrogens is 116 g/mol. The number of ether oxygens (including phenoxy) is 1. The van der Waals surface area contributed by atoms with Gasteiger partial charge in [-0.15, -0.1) is 0 Å². The van der Waals surface area contributed by atoms with Gasteiger partial charge >= 0.3 is 5.97 Å². The number of esters is 1. The summed E-state index contributed by atoms with van der Waals surface area (Å²) in [5.41, 5.74) is 0. The van der Waals surface area contributed by atoms with Crippen molar-refractivity contribution in [2.24, 2.45) is 5.92 Å². The predicted molar refractivity (Wildman–Crippen MR) is 32.5 cm³/mol. The zero-order valence-electron chi connectivity index (χ0n) is 5.31. The van der Waals surface area contributed by atoms with Crippen molar-refractivity contribution in [2.45, 2.75) is 13.3 Å². The SMILES string of the molecule is CC[C@@H]1C#CC(=O)OC1. The Kier molecular flexibility index (Phi) is 1.74. The summed E-state index contributed by atoms with van der Waals surface area (Å²) in [6.45, 7) is 2.50. The number of hydrogen-bond donors (Lipinski definition) is 0. The number of cyclic esters (lactones) is 1. The van der Waals surface area contributed by atoms with Gasteiger partial charge in [-0.25, -0.2) is 4.79 Å². The Morgan fingerprint density at radius 1 is 1.89 bits per heavy atom. The molecule has 0 fully saturated rings. The van der Waals surface area contributed by atoms with Crippen molar-refractivity contribution in [2.75, 3.05) is 6.61 Å². The van der Waals surface area contributed by atoms with Gasteiger partial charge in [-0.2, -0.15) is 0 Å². The number of carbonyl (C=O) groups is 1. The van der Waals surface area contributed by atoms with E-state index in [0.717, 1.165) is 6.42 Å². The van der Waals surface area contributed by atoms with Crippen LogP contribution in [-0.2, 0) is 9.53 Å². The second-order valence-corrected chi connectivity index (χ2v) is 1.97. The molecule has 1 rings (SSSR count). The molecule has 0 saturated carbocycles. The summed E-state index contributed by atoms with van der Waals surface area (Å²) in [5.74, 6) is 5.04. The summed E-state index contributed by atoms with van der Waals surface area (Å²) in [6.07, 6.45) is 0.959. The Morgan fingerprint density at radius 3 is 3.11 bits per heavy atom. The quantitative estimate of drug-likeness (QED) is 0.290. The third kappa shape index (κ3) is 1.46. The lowest BCUT2D eigenvalue weighted by atomic mass is 10.1. The molecule has 0 radical (unpaired) electrons. The molecule has 1 heterocycles. The number of hydrogen-bond acceptors (Lipinski definition) is 2. The predicted octanol–water partition coefficient (Wildman–Crippen LogP) is 0.573. The van der Waals surface area contributed by atoms with Gasteiger partial charge in [-0.3, -0.25) is 0 Å². The Morgan fingerprint density at radius 2 is 2.67 bits per heavy atom. The van der Waals surface area contributed by atoms with Crippen LogP contribution >= 0.6 is 0 Å². The minimum Gasteiger partial charge on any atom is -0.455 e. The highest BCUT2D eigenvalue weighted by molar-refractivity contribution is 5.89. The minimum absolute atomic E-state index is 0.266. The highest BCUT2D eigenvalue weighted by Crippen LogP contribution is 2.04. The van der Waals surface area contributed by atoms with Crippen LogP contribution in [0.5, 0.6) is 0 Å². The molecule has 2 heteroatoms. The van der Waals surface area contributed by atoms with Gasteiger partial charge in [0.25, 0.3) is 0 Å². The molecule has 1 atom stereocenters. The van der Waals surface area contributed by atoms with Crippen LogP contribution in [0.2, 0.25) is 0 Å². The van der Waals surface area contributed by atoms with Crippen LogP contribution in [-0.4, -0.2) is 12.6 Å². The molecule has 0 spiro atoms. The van der Waals surface area contributed by atoms with E-state index < -0.39 is 0 Å². The van der Waals surface area contributed by atoms with E-state index in [0.29, 0.717) is 6.61 Å². The lowest BCUT2D eigenvalue weighted by Crippen LogP contribution is -2.15. The van der Waals surface area contributed by atoms with Gasteiger partial charge in [-0.05, 0) is 6.42 Å². The first-order valence-corrected chi connectivity index (χ1v) is 3.01. The van der Waals surface area contributed by atoms with Gasteiger partial charge in [0.05, 0.1) is 5.92 Å². The van der Waals surface area contributed by atoms with E-state index in [9.17, 15) is 4.79 Å². The van der Waals surface area contributed by atoms with Crippen molar-refractivity contribution < 1.29 is 9.53 Å². The summed E-state index contributed by atoms with van der Waals surface area (Å²) in [7, 11) is 0. The van der Waals surface area contributed by atoms with Crippen LogP contribution in [0.3, 0.4) is 0 Å². The van der Waals surface area contributed by atoms with Crippen LogP contribution in [0.1, 0.15) is 13.3 Å². The Hall–Kier alpha value is -0.970. The summed E-state index contributed by atoms with van der Waals surface area (Å²) < 4.78 is 4.67. The minimum atomic E-state index is -0.389. The van der Waals surface area contributed by atoms with Gasteiger partial charge in [-0.1, -0.05) is 12.8 Å². The van der Waals surface area contributed by atoms with Gasteiger partial charge in [0.15, 0.2) is 0 Å². The highest BCUT2D eigenvalue weighted by atomic mass is 16.5. The molecule has 0 aromatic carbocycles. The van der Waals surface area contributed by atoms with E-state index >= 15 is 0 Å². The second kappa shape index (κ2) is 2.54. The maximum absolute atomic E-state index is 10.3. The molecule has 48 valence electrons. The lowest BCUT2D eigenvalue weighted by molar-refractivity contribution is -0.138. The smallest absolute Gasteiger partial charge is 0.384 e. The molecule has 1 aliphatic heterocycles.